The number of rotatable bonds is 10. The number of halogens is 1. The van der Waals surface area contributed by atoms with Gasteiger partial charge < -0.3 is 19.3 Å². The molecule has 1 saturated heterocycles. The smallest absolute Gasteiger partial charge is 0.410 e. The zero-order valence-corrected chi connectivity index (χ0v) is 25.3. The number of hydrogen-bond acceptors (Lipinski definition) is 4. The molecular weight excluding hydrogens is 532 g/mol. The van der Waals surface area contributed by atoms with E-state index in [9.17, 15) is 4.79 Å². The number of hydrogen-bond donors (Lipinski definition) is 0. The van der Waals surface area contributed by atoms with Gasteiger partial charge in [0.15, 0.2) is 0 Å². The molecule has 1 aliphatic heterocycles. The van der Waals surface area contributed by atoms with E-state index in [1.807, 2.05) is 35.2 Å². The Bertz CT molecular complexity index is 1170. The minimum atomic E-state index is -0.197. The van der Waals surface area contributed by atoms with Gasteiger partial charge in [0.2, 0.25) is 0 Å². The van der Waals surface area contributed by atoms with Crippen LogP contribution in [-0.4, -0.2) is 54.2 Å². The van der Waals surface area contributed by atoms with Crippen molar-refractivity contribution < 1.29 is 14.3 Å². The largest absolute Gasteiger partial charge is 0.445 e. The molecule has 3 aromatic rings. The fraction of sp³-hybridized carbons (Fsp3) is 0.457. The molecule has 220 valence electrons. The number of benzene rings is 3. The van der Waals surface area contributed by atoms with Gasteiger partial charge in [0.1, 0.15) is 6.61 Å². The van der Waals surface area contributed by atoms with Crippen molar-refractivity contribution in [2.24, 2.45) is 5.92 Å². The Kier molecular flexibility index (Phi) is 11.7. The summed E-state index contributed by atoms with van der Waals surface area (Å²) in [5.74, 6) is 1.07. The van der Waals surface area contributed by atoms with Gasteiger partial charge in [-0.1, -0.05) is 91.0 Å². The number of nitrogens with zero attached hydrogens (tertiary/aromatic N) is 2. The summed E-state index contributed by atoms with van der Waals surface area (Å²) in [6.07, 6.45) is 4.29. The van der Waals surface area contributed by atoms with Crippen molar-refractivity contribution >= 4 is 18.5 Å². The SMILES string of the molecule is CCN(C(=O)OCc1ccccc1)C1CCN(CC2CC(OC(C)c3ccccc3)CC2c2ccccc2)CC1.Cl. The first kappa shape index (κ1) is 31.1. The van der Waals surface area contributed by atoms with Gasteiger partial charge in [0.25, 0.3) is 0 Å². The summed E-state index contributed by atoms with van der Waals surface area (Å²) < 4.78 is 12.3. The fourth-order valence-electron chi connectivity index (χ4n) is 6.67. The van der Waals surface area contributed by atoms with Crippen LogP contribution in [-0.2, 0) is 16.1 Å². The van der Waals surface area contributed by atoms with Crippen molar-refractivity contribution in [3.8, 4) is 0 Å². The maximum Gasteiger partial charge on any atom is 0.410 e. The number of carbonyl (C=O) groups is 1. The standard InChI is InChI=1S/C35H44N2O3.ClH/c1-3-37(35(38)39-26-28-13-7-4-8-14-28)32-19-21-36(22-20-32)25-31-23-33(24-34(31)30-17-11-6-12-18-30)40-27(2)29-15-9-5-10-16-29;/h4-18,27,31-34H,3,19-26H2,1-2H3;1H. The van der Waals surface area contributed by atoms with Crippen LogP contribution in [0.4, 0.5) is 4.79 Å². The normalized spacial score (nSPS) is 22.0. The van der Waals surface area contributed by atoms with Crippen LogP contribution in [0.2, 0.25) is 0 Å². The van der Waals surface area contributed by atoms with Crippen molar-refractivity contribution in [3.63, 3.8) is 0 Å². The molecule has 5 rings (SSSR count). The summed E-state index contributed by atoms with van der Waals surface area (Å²) in [6.45, 7) is 8.33. The van der Waals surface area contributed by atoms with E-state index in [0.717, 1.165) is 50.9 Å². The highest BCUT2D eigenvalue weighted by Gasteiger charge is 2.38. The monoisotopic (exact) mass is 576 g/mol. The highest BCUT2D eigenvalue weighted by Crippen LogP contribution is 2.43. The Morgan fingerprint density at radius 2 is 1.51 bits per heavy atom. The molecule has 0 bridgehead atoms. The minimum Gasteiger partial charge on any atom is -0.445 e. The molecule has 0 radical (unpaired) electrons. The van der Waals surface area contributed by atoms with E-state index < -0.39 is 0 Å². The van der Waals surface area contributed by atoms with Crippen molar-refractivity contribution in [3.05, 3.63) is 108 Å². The molecule has 41 heavy (non-hydrogen) atoms. The molecule has 1 amide bonds. The third-order valence-corrected chi connectivity index (χ3v) is 8.82. The lowest BCUT2D eigenvalue weighted by Crippen LogP contribution is -2.48. The van der Waals surface area contributed by atoms with Gasteiger partial charge in [-0.05, 0) is 68.1 Å². The summed E-state index contributed by atoms with van der Waals surface area (Å²) in [5, 5.41) is 0. The molecule has 2 aliphatic rings. The molecule has 0 spiro atoms. The Morgan fingerprint density at radius 1 is 0.902 bits per heavy atom. The molecule has 4 atom stereocenters. The van der Waals surface area contributed by atoms with Crippen LogP contribution in [0.15, 0.2) is 91.0 Å². The summed E-state index contributed by atoms with van der Waals surface area (Å²) in [4.78, 5) is 17.5. The predicted molar refractivity (Wildman–Crippen MR) is 167 cm³/mol. The first-order valence-corrected chi connectivity index (χ1v) is 15.1. The summed E-state index contributed by atoms with van der Waals surface area (Å²) in [5.41, 5.74) is 3.69. The maximum atomic E-state index is 12.9. The molecule has 6 heteroatoms. The maximum absolute atomic E-state index is 12.9. The minimum absolute atomic E-state index is 0. The topological polar surface area (TPSA) is 42.0 Å². The van der Waals surface area contributed by atoms with Gasteiger partial charge in [-0.3, -0.25) is 0 Å². The average molecular weight is 577 g/mol. The van der Waals surface area contributed by atoms with Gasteiger partial charge in [0, 0.05) is 32.2 Å². The van der Waals surface area contributed by atoms with Crippen LogP contribution in [0.3, 0.4) is 0 Å². The molecule has 0 N–H and O–H groups in total. The number of piperidine rings is 1. The van der Waals surface area contributed by atoms with E-state index in [1.165, 1.54) is 11.1 Å². The van der Waals surface area contributed by atoms with Crippen molar-refractivity contribution in [1.82, 2.24) is 9.80 Å². The van der Waals surface area contributed by atoms with Gasteiger partial charge >= 0.3 is 6.09 Å². The van der Waals surface area contributed by atoms with Gasteiger partial charge in [-0.15, -0.1) is 12.4 Å². The lowest BCUT2D eigenvalue weighted by molar-refractivity contribution is -0.00276. The van der Waals surface area contributed by atoms with E-state index in [2.05, 4.69) is 79.4 Å². The van der Waals surface area contributed by atoms with Crippen molar-refractivity contribution in [1.29, 1.82) is 0 Å². The van der Waals surface area contributed by atoms with Crippen molar-refractivity contribution in [2.75, 3.05) is 26.2 Å². The number of amides is 1. The van der Waals surface area contributed by atoms with Gasteiger partial charge in [-0.2, -0.15) is 0 Å². The third kappa shape index (κ3) is 8.34. The fourth-order valence-corrected chi connectivity index (χ4v) is 6.67. The second kappa shape index (κ2) is 15.4. The summed E-state index contributed by atoms with van der Waals surface area (Å²) >= 11 is 0. The zero-order chi connectivity index (χ0) is 27.7. The molecule has 4 unspecified atom stereocenters. The van der Waals surface area contributed by atoms with Crippen LogP contribution in [0, 0.1) is 5.92 Å². The van der Waals surface area contributed by atoms with Crippen LogP contribution < -0.4 is 0 Å². The second-order valence-corrected chi connectivity index (χ2v) is 11.4. The van der Waals surface area contributed by atoms with E-state index in [4.69, 9.17) is 9.47 Å². The first-order valence-electron chi connectivity index (χ1n) is 15.1. The lowest BCUT2D eigenvalue weighted by Gasteiger charge is -2.39. The van der Waals surface area contributed by atoms with Crippen molar-refractivity contribution in [2.45, 2.75) is 70.3 Å². The van der Waals surface area contributed by atoms with Gasteiger partial charge in [-0.25, -0.2) is 4.79 Å². The molecular formula is C35H45ClN2O3. The Hall–Kier alpha value is -2.86. The summed E-state index contributed by atoms with van der Waals surface area (Å²) in [7, 11) is 0. The predicted octanol–water partition coefficient (Wildman–Crippen LogP) is 7.87. The number of carbonyl (C=O) groups excluding carboxylic acids is 1. The Morgan fingerprint density at radius 3 is 2.15 bits per heavy atom. The highest BCUT2D eigenvalue weighted by molar-refractivity contribution is 5.85. The van der Waals surface area contributed by atoms with E-state index in [1.54, 1.807) is 0 Å². The molecule has 1 saturated carbocycles. The van der Waals surface area contributed by atoms with Crippen LogP contribution in [0.1, 0.15) is 68.2 Å². The highest BCUT2D eigenvalue weighted by atomic mass is 35.5. The number of ether oxygens (including phenoxy) is 2. The van der Waals surface area contributed by atoms with Gasteiger partial charge in [0.05, 0.1) is 12.2 Å². The number of likely N-dealkylation sites (tertiary alicyclic amines) is 1. The van der Waals surface area contributed by atoms with Crippen LogP contribution >= 0.6 is 12.4 Å². The molecule has 5 nitrogen and oxygen atoms in total. The van der Waals surface area contributed by atoms with Crippen LogP contribution in [0.25, 0.3) is 0 Å². The second-order valence-electron chi connectivity index (χ2n) is 11.4. The molecule has 3 aromatic carbocycles. The third-order valence-electron chi connectivity index (χ3n) is 8.82. The Balaban J connectivity index is 0.00000387. The molecule has 2 fully saturated rings. The molecule has 0 aromatic heterocycles. The average Bonchev–Trinajstić information content (AvgIpc) is 3.40. The van der Waals surface area contributed by atoms with E-state index in [-0.39, 0.29) is 36.8 Å². The first-order chi connectivity index (χ1) is 19.6. The summed E-state index contributed by atoms with van der Waals surface area (Å²) in [6, 6.07) is 31.7. The quantitative estimate of drug-likeness (QED) is 0.246. The zero-order valence-electron chi connectivity index (χ0n) is 24.4. The van der Waals surface area contributed by atoms with E-state index in [0.29, 0.717) is 25.0 Å². The lowest BCUT2D eigenvalue weighted by atomic mass is 9.88. The molecule has 1 heterocycles. The Labute approximate surface area is 252 Å². The van der Waals surface area contributed by atoms with E-state index >= 15 is 0 Å². The van der Waals surface area contributed by atoms with Crippen LogP contribution in [0.5, 0.6) is 0 Å². The molecule has 1 aliphatic carbocycles.